The van der Waals surface area contributed by atoms with Crippen LogP contribution in [-0.4, -0.2) is 12.5 Å². The third-order valence-electron chi connectivity index (χ3n) is 3.71. The number of carbonyl (C=O) groups is 1. The number of rotatable bonds is 8. The zero-order valence-electron chi connectivity index (χ0n) is 12.9. The number of amides is 1. The lowest BCUT2D eigenvalue weighted by molar-refractivity contribution is -0.121. The largest absolute Gasteiger partial charge is 0.349 e. The fourth-order valence-electron chi connectivity index (χ4n) is 2.56. The first-order valence-corrected chi connectivity index (χ1v) is 7.88. The van der Waals surface area contributed by atoms with Gasteiger partial charge in [0.2, 0.25) is 5.91 Å². The van der Waals surface area contributed by atoms with Gasteiger partial charge in [-0.05, 0) is 30.4 Å². The van der Waals surface area contributed by atoms with Crippen LogP contribution in [0, 0.1) is 0 Å². The standard InChI is InChI=1S/C19H24N2O/c20-15-14-19(22)21-18(17-11-5-2-6-12-17)13-7-10-16-8-3-1-4-9-16/h1-6,8-9,11-12,18H,7,10,13-15,20H2,(H,21,22). The molecule has 0 radical (unpaired) electrons. The highest BCUT2D eigenvalue weighted by atomic mass is 16.1. The summed E-state index contributed by atoms with van der Waals surface area (Å²) in [7, 11) is 0. The lowest BCUT2D eigenvalue weighted by Crippen LogP contribution is -2.30. The molecule has 3 nitrogen and oxygen atoms in total. The number of hydrogen-bond acceptors (Lipinski definition) is 2. The van der Waals surface area contributed by atoms with E-state index in [1.54, 1.807) is 0 Å². The second-order valence-corrected chi connectivity index (χ2v) is 5.45. The van der Waals surface area contributed by atoms with Gasteiger partial charge in [0.25, 0.3) is 0 Å². The van der Waals surface area contributed by atoms with Gasteiger partial charge in [0, 0.05) is 13.0 Å². The molecule has 0 aliphatic heterocycles. The average molecular weight is 296 g/mol. The Balaban J connectivity index is 1.94. The first kappa shape index (κ1) is 16.2. The average Bonchev–Trinajstić information content (AvgIpc) is 2.56. The van der Waals surface area contributed by atoms with Gasteiger partial charge in [-0.3, -0.25) is 4.79 Å². The quantitative estimate of drug-likeness (QED) is 0.786. The molecule has 1 unspecified atom stereocenters. The smallest absolute Gasteiger partial charge is 0.221 e. The lowest BCUT2D eigenvalue weighted by Gasteiger charge is -2.19. The molecule has 0 aromatic heterocycles. The highest BCUT2D eigenvalue weighted by Crippen LogP contribution is 2.20. The maximum atomic E-state index is 11.9. The predicted molar refractivity (Wildman–Crippen MR) is 90.4 cm³/mol. The maximum Gasteiger partial charge on any atom is 0.221 e. The van der Waals surface area contributed by atoms with Crippen LogP contribution in [0.2, 0.25) is 0 Å². The summed E-state index contributed by atoms with van der Waals surface area (Å²) in [5.41, 5.74) is 7.95. The van der Waals surface area contributed by atoms with Crippen LogP contribution >= 0.6 is 0 Å². The first-order chi connectivity index (χ1) is 10.8. The van der Waals surface area contributed by atoms with Crippen LogP contribution in [0.1, 0.15) is 36.4 Å². The molecular weight excluding hydrogens is 272 g/mol. The molecule has 22 heavy (non-hydrogen) atoms. The van der Waals surface area contributed by atoms with Crippen LogP contribution in [-0.2, 0) is 11.2 Å². The molecule has 0 aliphatic rings. The fourth-order valence-corrected chi connectivity index (χ4v) is 2.56. The van der Waals surface area contributed by atoms with Gasteiger partial charge in [0.05, 0.1) is 6.04 Å². The molecule has 3 N–H and O–H groups in total. The maximum absolute atomic E-state index is 11.9. The van der Waals surface area contributed by atoms with Crippen LogP contribution < -0.4 is 11.1 Å². The van der Waals surface area contributed by atoms with Gasteiger partial charge in [-0.25, -0.2) is 0 Å². The zero-order chi connectivity index (χ0) is 15.6. The van der Waals surface area contributed by atoms with Crippen molar-refractivity contribution in [3.63, 3.8) is 0 Å². The molecule has 0 saturated heterocycles. The molecule has 0 spiro atoms. The minimum atomic E-state index is 0.0241. The van der Waals surface area contributed by atoms with Gasteiger partial charge in [-0.2, -0.15) is 0 Å². The Kier molecular flexibility index (Phi) is 6.65. The monoisotopic (exact) mass is 296 g/mol. The molecule has 1 atom stereocenters. The molecule has 1 amide bonds. The van der Waals surface area contributed by atoms with Gasteiger partial charge in [0.15, 0.2) is 0 Å². The summed E-state index contributed by atoms with van der Waals surface area (Å²) in [6.45, 7) is 0.386. The summed E-state index contributed by atoms with van der Waals surface area (Å²) in [4.78, 5) is 11.9. The van der Waals surface area contributed by atoms with E-state index in [-0.39, 0.29) is 11.9 Å². The van der Waals surface area contributed by atoms with E-state index in [1.807, 2.05) is 24.3 Å². The van der Waals surface area contributed by atoms with E-state index in [4.69, 9.17) is 5.73 Å². The summed E-state index contributed by atoms with van der Waals surface area (Å²) in [5, 5.41) is 3.10. The molecule has 0 aliphatic carbocycles. The molecule has 0 heterocycles. The normalized spacial score (nSPS) is 11.9. The molecule has 0 fully saturated rings. The van der Waals surface area contributed by atoms with E-state index in [1.165, 1.54) is 5.56 Å². The number of aryl methyl sites for hydroxylation is 1. The fraction of sp³-hybridized carbons (Fsp3) is 0.316. The van der Waals surface area contributed by atoms with Crippen LogP contribution in [0.15, 0.2) is 60.7 Å². The third-order valence-corrected chi connectivity index (χ3v) is 3.71. The van der Waals surface area contributed by atoms with Crippen molar-refractivity contribution < 1.29 is 4.79 Å². The van der Waals surface area contributed by atoms with Crippen molar-refractivity contribution in [2.24, 2.45) is 5.73 Å². The predicted octanol–water partition coefficient (Wildman–Crippen LogP) is 3.22. The van der Waals surface area contributed by atoms with Gasteiger partial charge in [-0.15, -0.1) is 0 Å². The summed E-state index contributed by atoms with van der Waals surface area (Å²) in [5.74, 6) is 0.0241. The van der Waals surface area contributed by atoms with Crippen LogP contribution in [0.3, 0.4) is 0 Å². The van der Waals surface area contributed by atoms with Crippen molar-refractivity contribution in [1.29, 1.82) is 0 Å². The highest BCUT2D eigenvalue weighted by molar-refractivity contribution is 5.76. The van der Waals surface area contributed by atoms with Crippen molar-refractivity contribution in [3.05, 3.63) is 71.8 Å². The van der Waals surface area contributed by atoms with E-state index < -0.39 is 0 Å². The van der Waals surface area contributed by atoms with Crippen molar-refractivity contribution in [3.8, 4) is 0 Å². The number of benzene rings is 2. The van der Waals surface area contributed by atoms with Gasteiger partial charge in [0.1, 0.15) is 0 Å². The summed E-state index contributed by atoms with van der Waals surface area (Å²) < 4.78 is 0. The number of hydrogen-bond donors (Lipinski definition) is 2. The molecule has 0 saturated carbocycles. The first-order valence-electron chi connectivity index (χ1n) is 7.88. The Morgan fingerprint density at radius 1 is 1.00 bits per heavy atom. The Bertz CT molecular complexity index is 554. The van der Waals surface area contributed by atoms with E-state index in [0.717, 1.165) is 24.8 Å². The molecule has 2 aromatic carbocycles. The second kappa shape index (κ2) is 9.00. The van der Waals surface area contributed by atoms with Gasteiger partial charge < -0.3 is 11.1 Å². The van der Waals surface area contributed by atoms with Crippen molar-refractivity contribution in [1.82, 2.24) is 5.32 Å². The van der Waals surface area contributed by atoms with E-state index in [0.29, 0.717) is 13.0 Å². The topological polar surface area (TPSA) is 55.1 Å². The van der Waals surface area contributed by atoms with Crippen molar-refractivity contribution >= 4 is 5.91 Å². The Hall–Kier alpha value is -2.13. The minimum Gasteiger partial charge on any atom is -0.349 e. The number of nitrogens with two attached hydrogens (primary N) is 1. The molecule has 116 valence electrons. The number of carbonyl (C=O) groups excluding carboxylic acids is 1. The van der Waals surface area contributed by atoms with Crippen molar-refractivity contribution in [2.45, 2.75) is 31.7 Å². The molecule has 2 aromatic rings. The van der Waals surface area contributed by atoms with E-state index in [9.17, 15) is 4.79 Å². The van der Waals surface area contributed by atoms with Gasteiger partial charge >= 0.3 is 0 Å². The minimum absolute atomic E-state index is 0.0241. The number of nitrogens with one attached hydrogen (secondary N) is 1. The SMILES string of the molecule is NCCC(=O)NC(CCCc1ccccc1)c1ccccc1. The summed E-state index contributed by atoms with van der Waals surface area (Å²) in [6.07, 6.45) is 3.36. The Labute approximate surface area is 132 Å². The Morgan fingerprint density at radius 2 is 1.64 bits per heavy atom. The van der Waals surface area contributed by atoms with Crippen LogP contribution in [0.4, 0.5) is 0 Å². The Morgan fingerprint density at radius 3 is 2.27 bits per heavy atom. The molecular formula is C19H24N2O. The summed E-state index contributed by atoms with van der Waals surface area (Å²) in [6, 6.07) is 20.6. The third kappa shape index (κ3) is 5.34. The molecule has 2 rings (SSSR count). The highest BCUT2D eigenvalue weighted by Gasteiger charge is 2.13. The second-order valence-electron chi connectivity index (χ2n) is 5.45. The van der Waals surface area contributed by atoms with Crippen LogP contribution in [0.25, 0.3) is 0 Å². The van der Waals surface area contributed by atoms with Crippen LogP contribution in [0.5, 0.6) is 0 Å². The molecule has 0 bridgehead atoms. The lowest BCUT2D eigenvalue weighted by atomic mass is 9.99. The zero-order valence-corrected chi connectivity index (χ0v) is 12.9. The summed E-state index contributed by atoms with van der Waals surface area (Å²) >= 11 is 0. The van der Waals surface area contributed by atoms with Crippen molar-refractivity contribution in [2.75, 3.05) is 6.54 Å². The molecule has 3 heteroatoms. The van der Waals surface area contributed by atoms with E-state index in [2.05, 4.69) is 41.7 Å². The van der Waals surface area contributed by atoms with E-state index >= 15 is 0 Å². The van der Waals surface area contributed by atoms with Gasteiger partial charge in [-0.1, -0.05) is 60.7 Å².